The molecule has 0 aliphatic carbocycles. The number of nitrogens with one attached hydrogen (secondary N) is 1. The highest BCUT2D eigenvalue weighted by Gasteiger charge is 2.22. The molecule has 0 saturated carbocycles. The molecule has 0 bridgehead atoms. The van der Waals surface area contributed by atoms with Gasteiger partial charge in [-0.3, -0.25) is 4.79 Å². The molecule has 174 valence electrons. The number of aryl methyl sites for hydroxylation is 1. The number of nitrogens with zero attached hydrogens (tertiary/aromatic N) is 1. The molecule has 4 rings (SSSR count). The van der Waals surface area contributed by atoms with Crippen molar-refractivity contribution in [3.05, 3.63) is 91.1 Å². The topological polar surface area (TPSA) is 92.4 Å². The molecule has 0 fully saturated rings. The number of fused-ring (bicyclic) bond motifs is 1. The van der Waals surface area contributed by atoms with Gasteiger partial charge >= 0.3 is 5.97 Å². The molecule has 4 aromatic rings. The normalized spacial score (nSPS) is 12.1. The monoisotopic (exact) mass is 500 g/mol. The van der Waals surface area contributed by atoms with E-state index in [2.05, 4.69) is 10.3 Å². The summed E-state index contributed by atoms with van der Waals surface area (Å²) in [5.74, 6) is -1.50. The summed E-state index contributed by atoms with van der Waals surface area (Å²) in [6, 6.07) is 9.96. The Kier molecular flexibility index (Phi) is 6.34. The zero-order valence-corrected chi connectivity index (χ0v) is 19.9. The molecule has 0 radical (unpaired) electrons. The first-order chi connectivity index (χ1) is 16.1. The van der Waals surface area contributed by atoms with Crippen LogP contribution in [-0.4, -0.2) is 16.1 Å². The van der Waals surface area contributed by atoms with Crippen LogP contribution in [0.2, 0.25) is 10.2 Å². The molecule has 0 amide bonds. The third kappa shape index (κ3) is 4.36. The van der Waals surface area contributed by atoms with Crippen molar-refractivity contribution in [3.8, 4) is 11.3 Å². The van der Waals surface area contributed by atoms with Crippen molar-refractivity contribution < 1.29 is 18.7 Å². The summed E-state index contributed by atoms with van der Waals surface area (Å²) in [7, 11) is 0. The highest BCUT2D eigenvalue weighted by atomic mass is 35.5. The Labute approximate surface area is 204 Å². The summed E-state index contributed by atoms with van der Waals surface area (Å²) >= 11 is 12.1. The van der Waals surface area contributed by atoms with Crippen molar-refractivity contribution in [1.82, 2.24) is 4.98 Å². The highest BCUT2D eigenvalue weighted by Crippen LogP contribution is 2.35. The molecular formula is C25H19Cl2FN2O4. The van der Waals surface area contributed by atoms with Crippen LogP contribution in [0.25, 0.3) is 22.3 Å². The number of rotatable bonds is 5. The van der Waals surface area contributed by atoms with Gasteiger partial charge in [0.05, 0.1) is 22.1 Å². The molecule has 2 aromatic carbocycles. The lowest BCUT2D eigenvalue weighted by molar-refractivity contribution is 0.0691. The van der Waals surface area contributed by atoms with Gasteiger partial charge in [-0.05, 0) is 62.7 Å². The predicted octanol–water partition coefficient (Wildman–Crippen LogP) is 6.79. The number of hydrogen-bond acceptors (Lipinski definition) is 5. The molecule has 2 aromatic heterocycles. The van der Waals surface area contributed by atoms with Crippen LogP contribution in [0.15, 0.2) is 51.7 Å². The fourth-order valence-electron chi connectivity index (χ4n) is 3.85. The fourth-order valence-corrected chi connectivity index (χ4v) is 4.25. The van der Waals surface area contributed by atoms with Gasteiger partial charge in [-0.15, -0.1) is 0 Å². The van der Waals surface area contributed by atoms with Crippen LogP contribution in [0.1, 0.15) is 40.1 Å². The largest absolute Gasteiger partial charge is 0.476 e. The maximum atomic E-state index is 13.6. The number of carboxylic acid groups (broad SMARTS) is 1. The number of aromatic nitrogens is 1. The summed E-state index contributed by atoms with van der Waals surface area (Å²) < 4.78 is 19.8. The van der Waals surface area contributed by atoms with Gasteiger partial charge in [-0.1, -0.05) is 29.3 Å². The molecule has 34 heavy (non-hydrogen) atoms. The summed E-state index contributed by atoms with van der Waals surface area (Å²) in [4.78, 5) is 28.8. The van der Waals surface area contributed by atoms with E-state index in [-0.39, 0.29) is 32.7 Å². The molecule has 1 atom stereocenters. The second kappa shape index (κ2) is 9.08. The van der Waals surface area contributed by atoms with Crippen molar-refractivity contribution in [1.29, 1.82) is 0 Å². The van der Waals surface area contributed by atoms with Gasteiger partial charge < -0.3 is 14.8 Å². The molecule has 9 heteroatoms. The zero-order valence-electron chi connectivity index (χ0n) is 18.4. The van der Waals surface area contributed by atoms with Crippen molar-refractivity contribution in [2.45, 2.75) is 26.8 Å². The lowest BCUT2D eigenvalue weighted by Gasteiger charge is -2.19. The quantitative estimate of drug-likeness (QED) is 0.293. The van der Waals surface area contributed by atoms with Gasteiger partial charge in [-0.2, -0.15) is 0 Å². The van der Waals surface area contributed by atoms with E-state index in [0.29, 0.717) is 27.7 Å². The van der Waals surface area contributed by atoms with E-state index in [1.807, 2.05) is 13.0 Å². The molecule has 0 aliphatic rings. The summed E-state index contributed by atoms with van der Waals surface area (Å²) in [5, 5.41) is 13.2. The number of benzene rings is 2. The highest BCUT2D eigenvalue weighted by molar-refractivity contribution is 6.33. The van der Waals surface area contributed by atoms with Crippen LogP contribution in [0.3, 0.4) is 0 Å². The lowest BCUT2D eigenvalue weighted by Crippen LogP contribution is -2.14. The van der Waals surface area contributed by atoms with E-state index in [4.69, 9.17) is 27.6 Å². The Bertz CT molecular complexity index is 1520. The Hall–Kier alpha value is -3.42. The SMILES string of the molecule is Cc1cc([C@@H](C)Nc2ccc(Cl)nc2C(=O)O)c2oc(-c3ccc(F)cc3Cl)c(C)c(=O)c2c1. The Balaban J connectivity index is 1.91. The van der Waals surface area contributed by atoms with Crippen LogP contribution >= 0.6 is 23.2 Å². The summed E-state index contributed by atoms with van der Waals surface area (Å²) in [6.07, 6.45) is 0. The van der Waals surface area contributed by atoms with Gasteiger partial charge in [0, 0.05) is 16.7 Å². The minimum atomic E-state index is -1.23. The predicted molar refractivity (Wildman–Crippen MR) is 131 cm³/mol. The Morgan fingerprint density at radius 3 is 2.56 bits per heavy atom. The van der Waals surface area contributed by atoms with Gasteiger partial charge in [0.25, 0.3) is 0 Å². The van der Waals surface area contributed by atoms with Crippen molar-refractivity contribution >= 4 is 45.8 Å². The van der Waals surface area contributed by atoms with Crippen LogP contribution in [0.5, 0.6) is 0 Å². The van der Waals surface area contributed by atoms with Crippen LogP contribution in [0.4, 0.5) is 10.1 Å². The van der Waals surface area contributed by atoms with E-state index in [1.54, 1.807) is 19.9 Å². The Morgan fingerprint density at radius 2 is 1.88 bits per heavy atom. The number of pyridine rings is 1. The zero-order chi connectivity index (χ0) is 24.7. The van der Waals surface area contributed by atoms with Crippen molar-refractivity contribution in [2.75, 3.05) is 5.32 Å². The first-order valence-electron chi connectivity index (χ1n) is 10.3. The average molecular weight is 501 g/mol. The minimum absolute atomic E-state index is 0.0545. The van der Waals surface area contributed by atoms with E-state index in [1.165, 1.54) is 24.3 Å². The maximum absolute atomic E-state index is 13.6. The first-order valence-corrected chi connectivity index (χ1v) is 11.0. The molecule has 2 N–H and O–H groups in total. The molecular weight excluding hydrogens is 482 g/mol. The van der Waals surface area contributed by atoms with E-state index >= 15 is 0 Å². The molecule has 0 spiro atoms. The molecule has 2 heterocycles. The van der Waals surface area contributed by atoms with E-state index in [0.717, 1.165) is 11.6 Å². The number of anilines is 1. The van der Waals surface area contributed by atoms with Gasteiger partial charge in [0.15, 0.2) is 11.1 Å². The summed E-state index contributed by atoms with van der Waals surface area (Å²) in [6.45, 7) is 5.28. The number of hydrogen-bond donors (Lipinski definition) is 2. The molecule has 0 aliphatic heterocycles. The number of aromatic carboxylic acids is 1. The minimum Gasteiger partial charge on any atom is -0.476 e. The standard InChI is InChI=1S/C25H19Cl2FN2O4/c1-11-8-16(13(3)29-19-6-7-20(27)30-21(19)25(32)33)24-17(9-11)22(31)12(2)23(34-24)15-5-4-14(28)10-18(15)26/h4-10,13,29H,1-3H3,(H,32,33)/t13-/m1/s1. The van der Waals surface area contributed by atoms with Crippen LogP contribution < -0.4 is 10.7 Å². The smallest absolute Gasteiger partial charge is 0.356 e. The third-order valence-corrected chi connectivity index (χ3v) is 5.99. The number of halogens is 3. The van der Waals surface area contributed by atoms with Crippen molar-refractivity contribution in [3.63, 3.8) is 0 Å². The molecule has 0 unspecified atom stereocenters. The van der Waals surface area contributed by atoms with Crippen LogP contribution in [0, 0.1) is 19.7 Å². The van der Waals surface area contributed by atoms with Gasteiger partial charge in [-0.25, -0.2) is 14.2 Å². The van der Waals surface area contributed by atoms with Crippen LogP contribution in [-0.2, 0) is 0 Å². The van der Waals surface area contributed by atoms with Gasteiger partial charge in [0.2, 0.25) is 0 Å². The first kappa shape index (κ1) is 23.7. The fraction of sp³-hybridized carbons (Fsp3) is 0.160. The van der Waals surface area contributed by atoms with E-state index in [9.17, 15) is 19.1 Å². The molecule has 0 saturated heterocycles. The second-order valence-electron chi connectivity index (χ2n) is 7.94. The number of carbonyl (C=O) groups is 1. The van der Waals surface area contributed by atoms with Crippen molar-refractivity contribution in [2.24, 2.45) is 0 Å². The van der Waals surface area contributed by atoms with E-state index < -0.39 is 17.8 Å². The second-order valence-corrected chi connectivity index (χ2v) is 8.74. The average Bonchev–Trinajstić information content (AvgIpc) is 2.77. The third-order valence-electron chi connectivity index (χ3n) is 5.47. The Morgan fingerprint density at radius 1 is 1.15 bits per heavy atom. The molecule has 6 nitrogen and oxygen atoms in total. The number of carboxylic acids is 1. The lowest BCUT2D eigenvalue weighted by atomic mass is 9.98. The maximum Gasteiger partial charge on any atom is 0.356 e. The summed E-state index contributed by atoms with van der Waals surface area (Å²) in [5.41, 5.74) is 2.28. The van der Waals surface area contributed by atoms with Gasteiger partial charge in [0.1, 0.15) is 22.3 Å².